The van der Waals surface area contributed by atoms with E-state index >= 15 is 0 Å². The van der Waals surface area contributed by atoms with Crippen LogP contribution < -0.4 is 5.32 Å². The summed E-state index contributed by atoms with van der Waals surface area (Å²) >= 11 is 0. The highest BCUT2D eigenvalue weighted by atomic mass is 16.5. The Morgan fingerprint density at radius 3 is 2.72 bits per heavy atom. The van der Waals surface area contributed by atoms with Crippen molar-refractivity contribution in [3.8, 4) is 0 Å². The molecule has 0 heterocycles. The second-order valence-corrected chi connectivity index (χ2v) is 4.71. The number of hydrogen-bond acceptors (Lipinski definition) is 3. The molecule has 1 rings (SSSR count). The van der Waals surface area contributed by atoms with E-state index in [9.17, 15) is 0 Å². The van der Waals surface area contributed by atoms with Crippen molar-refractivity contribution in [1.82, 2.24) is 5.32 Å². The molecule has 0 spiro atoms. The first kappa shape index (κ1) is 15.2. The Morgan fingerprint density at radius 1 is 1.22 bits per heavy atom. The molecular formula is C15H25NO2. The summed E-state index contributed by atoms with van der Waals surface area (Å²) in [6.07, 6.45) is 1.05. The Balaban J connectivity index is 2.41. The lowest BCUT2D eigenvalue weighted by Crippen LogP contribution is -2.29. The third-order valence-electron chi connectivity index (χ3n) is 2.93. The minimum absolute atomic E-state index is 0.508. The van der Waals surface area contributed by atoms with Crippen LogP contribution in [0.3, 0.4) is 0 Å². The smallest absolute Gasteiger partial charge is 0.0587 e. The second-order valence-electron chi connectivity index (χ2n) is 4.71. The van der Waals surface area contributed by atoms with Gasteiger partial charge in [0.15, 0.2) is 0 Å². The molecule has 3 heteroatoms. The average Bonchev–Trinajstić information content (AvgIpc) is 2.35. The Morgan fingerprint density at radius 2 is 2.06 bits per heavy atom. The number of rotatable bonds is 9. The van der Waals surface area contributed by atoms with Gasteiger partial charge in [0.25, 0.3) is 0 Å². The zero-order valence-corrected chi connectivity index (χ0v) is 11.7. The molecule has 0 saturated heterocycles. The van der Waals surface area contributed by atoms with E-state index in [1.807, 2.05) is 0 Å². The van der Waals surface area contributed by atoms with E-state index in [1.54, 1.807) is 14.2 Å². The Bertz CT molecular complexity index is 328. The first-order valence-corrected chi connectivity index (χ1v) is 6.50. The maximum absolute atomic E-state index is 5.29. The lowest BCUT2D eigenvalue weighted by molar-refractivity contribution is 0.147. The highest BCUT2D eigenvalue weighted by molar-refractivity contribution is 5.22. The van der Waals surface area contributed by atoms with Gasteiger partial charge < -0.3 is 14.8 Å². The number of methoxy groups -OCH3 is 2. The summed E-state index contributed by atoms with van der Waals surface area (Å²) in [6.45, 7) is 5.53. The molecule has 18 heavy (non-hydrogen) atoms. The van der Waals surface area contributed by atoms with Gasteiger partial charge in [0.1, 0.15) is 0 Å². The van der Waals surface area contributed by atoms with Gasteiger partial charge in [-0.1, -0.05) is 29.8 Å². The van der Waals surface area contributed by atoms with Gasteiger partial charge >= 0.3 is 0 Å². The van der Waals surface area contributed by atoms with Crippen molar-refractivity contribution in [1.29, 1.82) is 0 Å². The highest BCUT2D eigenvalue weighted by Crippen LogP contribution is 2.10. The quantitative estimate of drug-likeness (QED) is 0.681. The van der Waals surface area contributed by atoms with Gasteiger partial charge in [-0.15, -0.1) is 0 Å². The van der Waals surface area contributed by atoms with Gasteiger partial charge in [-0.25, -0.2) is 0 Å². The van der Waals surface area contributed by atoms with E-state index in [0.717, 1.165) is 32.7 Å². The van der Waals surface area contributed by atoms with Crippen molar-refractivity contribution >= 4 is 0 Å². The van der Waals surface area contributed by atoms with Gasteiger partial charge in [-0.3, -0.25) is 0 Å². The first-order valence-electron chi connectivity index (χ1n) is 6.50. The minimum atomic E-state index is 0.508. The van der Waals surface area contributed by atoms with E-state index in [4.69, 9.17) is 9.47 Å². The summed E-state index contributed by atoms with van der Waals surface area (Å²) in [6, 6.07) is 8.68. The number of nitrogens with one attached hydrogen (secondary N) is 1. The topological polar surface area (TPSA) is 30.5 Å². The molecule has 0 saturated carbocycles. The summed E-state index contributed by atoms with van der Waals surface area (Å²) in [5.74, 6) is 0.508. The van der Waals surface area contributed by atoms with Crippen LogP contribution in [-0.2, 0) is 15.9 Å². The minimum Gasteiger partial charge on any atom is -0.384 e. The molecule has 0 aliphatic heterocycles. The molecule has 102 valence electrons. The number of aryl methyl sites for hydroxylation is 1. The van der Waals surface area contributed by atoms with E-state index < -0.39 is 0 Å². The lowest BCUT2D eigenvalue weighted by Gasteiger charge is -2.17. The van der Waals surface area contributed by atoms with Crippen LogP contribution >= 0.6 is 0 Å². The summed E-state index contributed by atoms with van der Waals surface area (Å²) in [4.78, 5) is 0. The van der Waals surface area contributed by atoms with Crippen LogP contribution in [0.5, 0.6) is 0 Å². The fraction of sp³-hybridized carbons (Fsp3) is 0.600. The fourth-order valence-electron chi connectivity index (χ4n) is 2.08. The van der Waals surface area contributed by atoms with E-state index in [2.05, 4.69) is 36.5 Å². The molecule has 1 atom stereocenters. The molecule has 1 aromatic carbocycles. The Hall–Kier alpha value is -0.900. The first-order chi connectivity index (χ1) is 8.76. The van der Waals surface area contributed by atoms with E-state index in [-0.39, 0.29) is 0 Å². The van der Waals surface area contributed by atoms with E-state index in [1.165, 1.54) is 11.1 Å². The van der Waals surface area contributed by atoms with Crippen LogP contribution in [0.1, 0.15) is 11.1 Å². The molecule has 1 aromatic rings. The van der Waals surface area contributed by atoms with Gasteiger partial charge in [-0.05, 0) is 24.8 Å². The summed E-state index contributed by atoms with van der Waals surface area (Å²) in [5, 5.41) is 3.40. The van der Waals surface area contributed by atoms with Crippen molar-refractivity contribution in [3.05, 3.63) is 35.4 Å². The third kappa shape index (κ3) is 6.15. The maximum Gasteiger partial charge on any atom is 0.0587 e. The second kappa shape index (κ2) is 9.09. The molecule has 0 aliphatic carbocycles. The maximum atomic E-state index is 5.29. The highest BCUT2D eigenvalue weighted by Gasteiger charge is 2.09. The Labute approximate surface area is 110 Å². The molecule has 1 unspecified atom stereocenters. The van der Waals surface area contributed by atoms with Gasteiger partial charge in [0.05, 0.1) is 13.2 Å². The Kier molecular flexibility index (Phi) is 7.65. The standard InChI is InChI=1S/C15H25NO2/c1-13-5-4-6-14(9-13)10-15(12-18-3)11-16-7-8-17-2/h4-6,9,15-16H,7-8,10-12H2,1-3H3. The largest absolute Gasteiger partial charge is 0.384 e. The van der Waals surface area contributed by atoms with Gasteiger partial charge in [0, 0.05) is 27.3 Å². The molecule has 0 amide bonds. The molecule has 3 nitrogen and oxygen atoms in total. The molecule has 0 bridgehead atoms. The van der Waals surface area contributed by atoms with Gasteiger partial charge in [-0.2, -0.15) is 0 Å². The summed E-state index contributed by atoms with van der Waals surface area (Å²) in [7, 11) is 3.49. The summed E-state index contributed by atoms with van der Waals surface area (Å²) in [5.41, 5.74) is 2.70. The van der Waals surface area contributed by atoms with Crippen LogP contribution in [-0.4, -0.2) is 40.5 Å². The third-order valence-corrected chi connectivity index (χ3v) is 2.93. The van der Waals surface area contributed by atoms with Gasteiger partial charge in [0.2, 0.25) is 0 Å². The molecule has 1 N–H and O–H groups in total. The SMILES string of the molecule is COCCNCC(COC)Cc1cccc(C)c1. The predicted octanol–water partition coefficient (Wildman–Crippen LogP) is 2.04. The van der Waals surface area contributed by atoms with Crippen molar-refractivity contribution in [2.75, 3.05) is 40.5 Å². The summed E-state index contributed by atoms with van der Waals surface area (Å²) < 4.78 is 10.3. The van der Waals surface area contributed by atoms with Crippen LogP contribution in [0.2, 0.25) is 0 Å². The number of hydrogen-bond donors (Lipinski definition) is 1. The monoisotopic (exact) mass is 251 g/mol. The average molecular weight is 251 g/mol. The molecule has 0 aliphatic rings. The van der Waals surface area contributed by atoms with E-state index in [0.29, 0.717) is 5.92 Å². The van der Waals surface area contributed by atoms with Crippen LogP contribution in [0, 0.1) is 12.8 Å². The molecule has 0 radical (unpaired) electrons. The van der Waals surface area contributed by atoms with Crippen LogP contribution in [0.4, 0.5) is 0 Å². The number of benzene rings is 1. The van der Waals surface area contributed by atoms with Crippen LogP contribution in [0.15, 0.2) is 24.3 Å². The fourth-order valence-corrected chi connectivity index (χ4v) is 2.08. The van der Waals surface area contributed by atoms with Crippen LogP contribution in [0.25, 0.3) is 0 Å². The molecule has 0 aromatic heterocycles. The number of ether oxygens (including phenoxy) is 2. The predicted molar refractivity (Wildman–Crippen MR) is 75.0 cm³/mol. The van der Waals surface area contributed by atoms with Crippen molar-refractivity contribution in [2.24, 2.45) is 5.92 Å². The zero-order chi connectivity index (χ0) is 13.2. The molecular weight excluding hydrogens is 226 g/mol. The normalized spacial score (nSPS) is 12.6. The lowest BCUT2D eigenvalue weighted by atomic mass is 9.99. The van der Waals surface area contributed by atoms with Crippen molar-refractivity contribution in [2.45, 2.75) is 13.3 Å². The van der Waals surface area contributed by atoms with Crippen molar-refractivity contribution < 1.29 is 9.47 Å². The molecule has 0 fully saturated rings. The van der Waals surface area contributed by atoms with Crippen molar-refractivity contribution in [3.63, 3.8) is 0 Å². The zero-order valence-electron chi connectivity index (χ0n) is 11.7.